The van der Waals surface area contributed by atoms with E-state index in [0.29, 0.717) is 5.69 Å². The Labute approximate surface area is 127 Å². The van der Waals surface area contributed by atoms with Crippen LogP contribution in [0.2, 0.25) is 0 Å². The van der Waals surface area contributed by atoms with Gasteiger partial charge < -0.3 is 0 Å². The van der Waals surface area contributed by atoms with Gasteiger partial charge in [-0.05, 0) is 38.1 Å². The first-order valence-electron chi connectivity index (χ1n) is 7.43. The number of nitrogens with zero attached hydrogens (tertiary/aromatic N) is 3. The number of likely N-dealkylation sites (tertiary alicyclic amines) is 1. The molecule has 0 unspecified atom stereocenters. The number of imide groups is 1. The molecular formula is C15H17N3O4. The van der Waals surface area contributed by atoms with Gasteiger partial charge in [0.25, 0.3) is 11.6 Å². The molecule has 2 aliphatic rings. The average molecular weight is 303 g/mol. The van der Waals surface area contributed by atoms with E-state index in [2.05, 4.69) is 4.90 Å². The molecule has 2 fully saturated rings. The Morgan fingerprint density at radius 1 is 1.05 bits per heavy atom. The van der Waals surface area contributed by atoms with Crippen molar-refractivity contribution in [2.45, 2.75) is 31.7 Å². The number of piperidine rings is 1. The summed E-state index contributed by atoms with van der Waals surface area (Å²) in [6.45, 7) is 1.69. The van der Waals surface area contributed by atoms with Crippen molar-refractivity contribution in [3.05, 3.63) is 34.4 Å². The molecule has 2 saturated heterocycles. The Kier molecular flexibility index (Phi) is 3.89. The highest BCUT2D eigenvalue weighted by Crippen LogP contribution is 2.28. The van der Waals surface area contributed by atoms with Gasteiger partial charge >= 0.3 is 0 Å². The highest BCUT2D eigenvalue weighted by Gasteiger charge is 2.42. The number of hydrogen-bond acceptors (Lipinski definition) is 5. The maximum atomic E-state index is 12.6. The molecule has 2 aliphatic heterocycles. The standard InChI is InChI=1S/C15H17N3O4/c19-14-10-13(16-8-2-1-3-9-16)15(20)17(14)11-4-6-12(7-5-11)18(21)22/h4-7,13H,1-3,8-10H2/t13-/m1/s1. The summed E-state index contributed by atoms with van der Waals surface area (Å²) in [5.41, 5.74) is 0.343. The van der Waals surface area contributed by atoms with Crippen LogP contribution in [0.5, 0.6) is 0 Å². The summed E-state index contributed by atoms with van der Waals surface area (Å²) in [5.74, 6) is -0.463. The van der Waals surface area contributed by atoms with E-state index in [1.807, 2.05) is 0 Å². The summed E-state index contributed by atoms with van der Waals surface area (Å²) in [4.78, 5) is 38.2. The van der Waals surface area contributed by atoms with Crippen molar-refractivity contribution in [2.24, 2.45) is 0 Å². The number of nitro benzene ring substituents is 1. The van der Waals surface area contributed by atoms with Gasteiger partial charge in [0.05, 0.1) is 23.1 Å². The van der Waals surface area contributed by atoms with Gasteiger partial charge in [0.1, 0.15) is 0 Å². The molecule has 2 heterocycles. The summed E-state index contributed by atoms with van der Waals surface area (Å²) < 4.78 is 0. The van der Waals surface area contributed by atoms with E-state index in [0.717, 1.165) is 37.3 Å². The second kappa shape index (κ2) is 5.84. The highest BCUT2D eigenvalue weighted by molar-refractivity contribution is 6.22. The minimum atomic E-state index is -0.506. The first-order chi connectivity index (χ1) is 10.6. The SMILES string of the molecule is O=C1C[C@@H](N2CCCCC2)C(=O)N1c1ccc([N+](=O)[O-])cc1. The number of rotatable bonds is 3. The molecule has 0 radical (unpaired) electrons. The average Bonchev–Trinajstić information content (AvgIpc) is 2.83. The molecule has 2 amide bonds. The van der Waals surface area contributed by atoms with E-state index in [4.69, 9.17) is 0 Å². The second-order valence-corrected chi connectivity index (χ2v) is 5.66. The summed E-state index contributed by atoms with van der Waals surface area (Å²) in [6.07, 6.45) is 3.46. The van der Waals surface area contributed by atoms with Gasteiger partial charge in [-0.1, -0.05) is 6.42 Å². The Morgan fingerprint density at radius 3 is 2.27 bits per heavy atom. The maximum absolute atomic E-state index is 12.6. The summed E-state index contributed by atoms with van der Waals surface area (Å²) in [6, 6.07) is 5.13. The molecule has 0 bridgehead atoms. The second-order valence-electron chi connectivity index (χ2n) is 5.66. The largest absolute Gasteiger partial charge is 0.292 e. The number of hydrogen-bond donors (Lipinski definition) is 0. The predicted octanol–water partition coefficient (Wildman–Crippen LogP) is 1.71. The fourth-order valence-corrected chi connectivity index (χ4v) is 3.13. The summed E-state index contributed by atoms with van der Waals surface area (Å²) in [5, 5.41) is 10.7. The molecule has 0 aliphatic carbocycles. The third-order valence-corrected chi connectivity index (χ3v) is 4.27. The minimum absolute atomic E-state index is 0.0598. The molecule has 3 rings (SSSR count). The lowest BCUT2D eigenvalue weighted by atomic mass is 10.1. The molecule has 1 aromatic rings. The van der Waals surface area contributed by atoms with Crippen LogP contribution in [0.4, 0.5) is 11.4 Å². The highest BCUT2D eigenvalue weighted by atomic mass is 16.6. The molecular weight excluding hydrogens is 286 g/mol. The fraction of sp³-hybridized carbons (Fsp3) is 0.467. The minimum Gasteiger partial charge on any atom is -0.292 e. The van der Waals surface area contributed by atoms with Crippen LogP contribution >= 0.6 is 0 Å². The van der Waals surface area contributed by atoms with Gasteiger partial charge in [0, 0.05) is 12.1 Å². The molecule has 1 atom stereocenters. The van der Waals surface area contributed by atoms with Crippen molar-refractivity contribution in [1.29, 1.82) is 0 Å². The maximum Gasteiger partial charge on any atom is 0.269 e. The van der Waals surface area contributed by atoms with Crippen LogP contribution in [0.15, 0.2) is 24.3 Å². The topological polar surface area (TPSA) is 83.8 Å². The number of anilines is 1. The molecule has 7 nitrogen and oxygen atoms in total. The van der Waals surface area contributed by atoms with Crippen LogP contribution in [0.25, 0.3) is 0 Å². The van der Waals surface area contributed by atoms with Gasteiger partial charge in [-0.15, -0.1) is 0 Å². The number of carbonyl (C=O) groups excluding carboxylic acids is 2. The van der Waals surface area contributed by atoms with Crippen molar-refractivity contribution in [2.75, 3.05) is 18.0 Å². The molecule has 22 heavy (non-hydrogen) atoms. The van der Waals surface area contributed by atoms with Gasteiger partial charge in [-0.2, -0.15) is 0 Å². The molecule has 0 N–H and O–H groups in total. The molecule has 0 saturated carbocycles. The van der Waals surface area contributed by atoms with E-state index in [9.17, 15) is 19.7 Å². The lowest BCUT2D eigenvalue weighted by molar-refractivity contribution is -0.384. The smallest absolute Gasteiger partial charge is 0.269 e. The lowest BCUT2D eigenvalue weighted by Gasteiger charge is -2.30. The molecule has 7 heteroatoms. The van der Waals surface area contributed by atoms with Crippen molar-refractivity contribution < 1.29 is 14.5 Å². The van der Waals surface area contributed by atoms with Gasteiger partial charge in [-0.3, -0.25) is 24.6 Å². The number of benzene rings is 1. The van der Waals surface area contributed by atoms with Gasteiger partial charge in [-0.25, -0.2) is 4.90 Å². The Hall–Kier alpha value is -2.28. The van der Waals surface area contributed by atoms with Crippen LogP contribution in [0.1, 0.15) is 25.7 Å². The van der Waals surface area contributed by atoms with E-state index in [1.54, 1.807) is 0 Å². The van der Waals surface area contributed by atoms with E-state index in [1.165, 1.54) is 24.3 Å². The van der Waals surface area contributed by atoms with E-state index in [-0.39, 0.29) is 30.0 Å². The van der Waals surface area contributed by atoms with Crippen LogP contribution < -0.4 is 4.90 Å². The van der Waals surface area contributed by atoms with Gasteiger partial charge in [0.2, 0.25) is 5.91 Å². The summed E-state index contributed by atoms with van der Waals surface area (Å²) in [7, 11) is 0. The summed E-state index contributed by atoms with van der Waals surface area (Å²) >= 11 is 0. The van der Waals surface area contributed by atoms with Crippen molar-refractivity contribution in [3.63, 3.8) is 0 Å². The molecule has 0 spiro atoms. The third-order valence-electron chi connectivity index (χ3n) is 4.27. The van der Waals surface area contributed by atoms with Crippen LogP contribution in [0.3, 0.4) is 0 Å². The monoisotopic (exact) mass is 303 g/mol. The zero-order valence-electron chi connectivity index (χ0n) is 12.1. The van der Waals surface area contributed by atoms with Crippen LogP contribution in [-0.4, -0.2) is 40.8 Å². The van der Waals surface area contributed by atoms with E-state index >= 15 is 0 Å². The first kappa shape index (κ1) is 14.6. The molecule has 1 aromatic carbocycles. The van der Waals surface area contributed by atoms with Crippen molar-refractivity contribution >= 4 is 23.2 Å². The Bertz CT molecular complexity index is 608. The number of carbonyl (C=O) groups is 2. The van der Waals surface area contributed by atoms with Crippen LogP contribution in [-0.2, 0) is 9.59 Å². The number of nitro groups is 1. The van der Waals surface area contributed by atoms with E-state index < -0.39 is 4.92 Å². The fourth-order valence-electron chi connectivity index (χ4n) is 3.13. The quantitative estimate of drug-likeness (QED) is 0.482. The molecule has 116 valence electrons. The first-order valence-corrected chi connectivity index (χ1v) is 7.43. The van der Waals surface area contributed by atoms with Gasteiger partial charge in [0.15, 0.2) is 0 Å². The zero-order valence-corrected chi connectivity index (χ0v) is 12.1. The Balaban J connectivity index is 1.80. The van der Waals surface area contributed by atoms with Crippen molar-refractivity contribution in [1.82, 2.24) is 4.90 Å². The lowest BCUT2D eigenvalue weighted by Crippen LogP contribution is -2.44. The molecule has 0 aromatic heterocycles. The third kappa shape index (κ3) is 2.59. The predicted molar refractivity (Wildman–Crippen MR) is 79.4 cm³/mol. The normalized spacial score (nSPS) is 23.1. The van der Waals surface area contributed by atoms with Crippen molar-refractivity contribution in [3.8, 4) is 0 Å². The number of amides is 2. The Morgan fingerprint density at radius 2 is 1.68 bits per heavy atom. The zero-order chi connectivity index (χ0) is 15.7. The van der Waals surface area contributed by atoms with Crippen LogP contribution in [0, 0.1) is 10.1 Å². The number of non-ortho nitro benzene ring substituents is 1.